The molecule has 0 aliphatic rings. The second-order valence-electron chi connectivity index (χ2n) is 6.94. The van der Waals surface area contributed by atoms with E-state index in [1.807, 2.05) is 54.8 Å². The maximum Gasteiger partial charge on any atom is 0.263 e. The predicted octanol–water partition coefficient (Wildman–Crippen LogP) is 3.59. The zero-order valence-corrected chi connectivity index (χ0v) is 17.8. The van der Waals surface area contributed by atoms with Gasteiger partial charge >= 0.3 is 0 Å². The molecule has 2 heterocycles. The molecule has 4 aromatic rings. The van der Waals surface area contributed by atoms with Crippen LogP contribution in [0.1, 0.15) is 11.1 Å². The van der Waals surface area contributed by atoms with Gasteiger partial charge < -0.3 is 4.74 Å². The van der Waals surface area contributed by atoms with Crippen molar-refractivity contribution in [2.45, 2.75) is 13.5 Å². The Morgan fingerprint density at radius 1 is 1.26 bits per heavy atom. The van der Waals surface area contributed by atoms with Gasteiger partial charge in [-0.3, -0.25) is 14.2 Å². The fraction of sp³-hybridized carbons (Fsp3) is 0.130. The third kappa shape index (κ3) is 4.54. The van der Waals surface area contributed by atoms with E-state index in [4.69, 9.17) is 4.74 Å². The van der Waals surface area contributed by atoms with E-state index in [2.05, 4.69) is 15.5 Å². The fourth-order valence-electron chi connectivity index (χ4n) is 3.12. The zero-order chi connectivity index (χ0) is 21.8. The van der Waals surface area contributed by atoms with Gasteiger partial charge in [0.05, 0.1) is 25.0 Å². The molecule has 0 aliphatic carbocycles. The number of nitrogens with one attached hydrogen (secondary N) is 1. The smallest absolute Gasteiger partial charge is 0.263 e. The molecule has 0 unspecified atom stereocenters. The Morgan fingerprint density at radius 3 is 2.84 bits per heavy atom. The van der Waals surface area contributed by atoms with Crippen LogP contribution in [0, 0.1) is 6.92 Å². The minimum atomic E-state index is -0.422. The third-order valence-electron chi connectivity index (χ3n) is 4.73. The van der Waals surface area contributed by atoms with Gasteiger partial charge in [-0.1, -0.05) is 42.0 Å². The van der Waals surface area contributed by atoms with Crippen LogP contribution < -0.4 is 15.7 Å². The molecule has 8 heteroatoms. The highest BCUT2D eigenvalue weighted by Crippen LogP contribution is 2.30. The van der Waals surface area contributed by atoms with Crippen LogP contribution in [-0.2, 0) is 11.3 Å². The van der Waals surface area contributed by atoms with E-state index in [0.29, 0.717) is 16.0 Å². The molecule has 4 rings (SSSR count). The van der Waals surface area contributed by atoms with Gasteiger partial charge in [0.1, 0.15) is 17.1 Å². The van der Waals surface area contributed by atoms with Gasteiger partial charge in [-0.2, -0.15) is 5.10 Å². The van der Waals surface area contributed by atoms with Crippen molar-refractivity contribution in [2.75, 3.05) is 7.11 Å². The summed E-state index contributed by atoms with van der Waals surface area (Å²) in [5.74, 6) is 0.274. The number of thiophene rings is 1. The van der Waals surface area contributed by atoms with Crippen molar-refractivity contribution in [2.24, 2.45) is 5.10 Å². The molecule has 1 N–H and O–H groups in total. The fourth-order valence-corrected chi connectivity index (χ4v) is 4.02. The first kappa shape index (κ1) is 20.5. The molecule has 0 saturated heterocycles. The molecule has 0 spiro atoms. The standard InChI is InChI=1S/C23H20N4O3S/c1-15-6-8-17(9-7-15)19-13-31-22-21(19)23(29)27(14-24-22)12-20(28)26-25-11-16-4-3-5-18(10-16)30-2/h3-11,13-14H,12H2,1-2H3,(H,26,28)/b25-11-. The lowest BCUT2D eigenvalue weighted by molar-refractivity contribution is -0.121. The Kier molecular flexibility index (Phi) is 5.90. The number of methoxy groups -OCH3 is 1. The molecule has 0 aliphatic heterocycles. The largest absolute Gasteiger partial charge is 0.497 e. The number of carbonyl (C=O) groups is 1. The minimum absolute atomic E-state index is 0.180. The molecule has 2 aromatic carbocycles. The van der Waals surface area contributed by atoms with Gasteiger partial charge in [0.15, 0.2) is 0 Å². The molecule has 0 fully saturated rings. The molecule has 0 saturated carbocycles. The van der Waals surface area contributed by atoms with E-state index in [1.54, 1.807) is 13.2 Å². The summed E-state index contributed by atoms with van der Waals surface area (Å²) in [5.41, 5.74) is 5.88. The summed E-state index contributed by atoms with van der Waals surface area (Å²) in [6.45, 7) is 1.83. The van der Waals surface area contributed by atoms with Crippen LogP contribution in [0.25, 0.3) is 21.3 Å². The monoisotopic (exact) mass is 432 g/mol. The highest BCUT2D eigenvalue weighted by Gasteiger charge is 2.14. The first-order valence-electron chi connectivity index (χ1n) is 9.55. The second-order valence-corrected chi connectivity index (χ2v) is 7.80. The van der Waals surface area contributed by atoms with E-state index >= 15 is 0 Å². The molecule has 1 amide bonds. The van der Waals surface area contributed by atoms with Crippen LogP contribution >= 0.6 is 11.3 Å². The average molecular weight is 433 g/mol. The SMILES string of the molecule is COc1cccc(/C=N\NC(=O)Cn2cnc3scc(-c4ccc(C)cc4)c3c2=O)c1. The zero-order valence-electron chi connectivity index (χ0n) is 17.0. The van der Waals surface area contributed by atoms with Crippen molar-refractivity contribution in [3.63, 3.8) is 0 Å². The van der Waals surface area contributed by atoms with Gasteiger partial charge in [-0.15, -0.1) is 11.3 Å². The molecule has 2 aromatic heterocycles. The Bertz CT molecular complexity index is 1320. The molecule has 7 nitrogen and oxygen atoms in total. The van der Waals surface area contributed by atoms with Crippen LogP contribution in [0.2, 0.25) is 0 Å². The number of benzene rings is 2. The van der Waals surface area contributed by atoms with E-state index in [9.17, 15) is 9.59 Å². The number of hydrogen-bond acceptors (Lipinski definition) is 6. The van der Waals surface area contributed by atoms with Crippen LogP contribution in [0.5, 0.6) is 5.75 Å². The molecule has 31 heavy (non-hydrogen) atoms. The molecule has 156 valence electrons. The highest BCUT2D eigenvalue weighted by molar-refractivity contribution is 7.17. The quantitative estimate of drug-likeness (QED) is 0.373. The summed E-state index contributed by atoms with van der Waals surface area (Å²) in [7, 11) is 1.58. The first-order chi connectivity index (χ1) is 15.0. The summed E-state index contributed by atoms with van der Waals surface area (Å²) in [6.07, 6.45) is 2.91. The number of hydrazone groups is 1. The minimum Gasteiger partial charge on any atom is -0.497 e. The van der Waals surface area contributed by atoms with Crippen molar-refractivity contribution >= 4 is 33.7 Å². The summed E-state index contributed by atoms with van der Waals surface area (Å²) in [4.78, 5) is 30.4. The molecule has 0 radical (unpaired) electrons. The maximum atomic E-state index is 13.0. The number of hydrogen-bond donors (Lipinski definition) is 1. The van der Waals surface area contributed by atoms with Crippen LogP contribution in [0.3, 0.4) is 0 Å². The Balaban J connectivity index is 1.53. The van der Waals surface area contributed by atoms with Crippen molar-refractivity contribution in [3.8, 4) is 16.9 Å². The number of aryl methyl sites for hydroxylation is 1. The summed E-state index contributed by atoms with van der Waals surface area (Å²) in [6, 6.07) is 15.2. The van der Waals surface area contributed by atoms with E-state index < -0.39 is 5.91 Å². The van der Waals surface area contributed by atoms with E-state index in [1.165, 1.54) is 28.4 Å². The van der Waals surface area contributed by atoms with E-state index in [0.717, 1.165) is 22.3 Å². The molecular weight excluding hydrogens is 412 g/mol. The van der Waals surface area contributed by atoms with Crippen molar-refractivity contribution in [1.29, 1.82) is 0 Å². The van der Waals surface area contributed by atoms with Gasteiger partial charge in [0.2, 0.25) is 0 Å². The van der Waals surface area contributed by atoms with Crippen molar-refractivity contribution in [1.82, 2.24) is 15.0 Å². The Morgan fingerprint density at radius 2 is 2.06 bits per heavy atom. The topological polar surface area (TPSA) is 85.6 Å². The first-order valence-corrected chi connectivity index (χ1v) is 10.4. The van der Waals surface area contributed by atoms with Crippen molar-refractivity contribution in [3.05, 3.63) is 81.7 Å². The van der Waals surface area contributed by atoms with Crippen LogP contribution in [0.4, 0.5) is 0 Å². The maximum absolute atomic E-state index is 13.0. The average Bonchev–Trinajstić information content (AvgIpc) is 3.21. The second kappa shape index (κ2) is 8.93. The summed E-state index contributed by atoms with van der Waals surface area (Å²) >= 11 is 1.41. The number of carbonyl (C=O) groups excluding carboxylic acids is 1. The number of fused-ring (bicyclic) bond motifs is 1. The number of amides is 1. The highest BCUT2D eigenvalue weighted by atomic mass is 32.1. The Labute approximate surface area is 182 Å². The van der Waals surface area contributed by atoms with Crippen LogP contribution in [-0.4, -0.2) is 28.8 Å². The van der Waals surface area contributed by atoms with Crippen molar-refractivity contribution < 1.29 is 9.53 Å². The van der Waals surface area contributed by atoms with Gasteiger partial charge in [0.25, 0.3) is 11.5 Å². The van der Waals surface area contributed by atoms with Crippen LogP contribution in [0.15, 0.2) is 70.1 Å². The summed E-state index contributed by atoms with van der Waals surface area (Å²) < 4.78 is 6.45. The lowest BCUT2D eigenvalue weighted by Gasteiger charge is -2.06. The number of aromatic nitrogens is 2. The summed E-state index contributed by atoms with van der Waals surface area (Å²) in [5, 5.41) is 6.40. The number of nitrogens with zero attached hydrogens (tertiary/aromatic N) is 3. The lowest BCUT2D eigenvalue weighted by Crippen LogP contribution is -2.30. The number of rotatable bonds is 6. The van der Waals surface area contributed by atoms with E-state index in [-0.39, 0.29) is 12.1 Å². The molecule has 0 atom stereocenters. The van der Waals surface area contributed by atoms with Gasteiger partial charge in [0, 0.05) is 10.9 Å². The third-order valence-corrected chi connectivity index (χ3v) is 5.62. The predicted molar refractivity (Wildman–Crippen MR) is 123 cm³/mol. The van der Waals surface area contributed by atoms with Gasteiger partial charge in [-0.25, -0.2) is 10.4 Å². The normalized spacial score (nSPS) is 11.2. The van der Waals surface area contributed by atoms with Gasteiger partial charge in [-0.05, 0) is 30.2 Å². The molecule has 0 bridgehead atoms. The number of ether oxygens (including phenoxy) is 1. The Hall–Kier alpha value is -3.78. The molecular formula is C23H20N4O3S. The lowest BCUT2D eigenvalue weighted by atomic mass is 10.1.